The number of hydrogen-bond acceptors (Lipinski definition) is 2. The summed E-state index contributed by atoms with van der Waals surface area (Å²) in [5.41, 5.74) is 0. The Morgan fingerprint density at radius 2 is 1.67 bits per heavy atom. The topological polar surface area (TPSA) is 30.2 Å². The number of carbonyl (C=O) groups excluding carboxylic acids is 1. The van der Waals surface area contributed by atoms with Crippen LogP contribution in [-0.2, 0) is 16.1 Å². The molecule has 1 aromatic rings. The molecule has 0 saturated carbocycles. The third-order valence-electron chi connectivity index (χ3n) is 3.72. The number of ether oxygens (including phenoxy) is 1. The molecule has 0 aliphatic heterocycles. The molecular weight excluding hydrogens is 262 g/mol. The highest BCUT2D eigenvalue weighted by Gasteiger charge is 2.15. The van der Waals surface area contributed by atoms with Gasteiger partial charge in [-0.3, -0.25) is 0 Å². The third kappa shape index (κ3) is 8.49. The van der Waals surface area contributed by atoms with E-state index in [2.05, 4.69) is 13.8 Å². The first-order valence-electron chi connectivity index (χ1n) is 8.39. The van der Waals surface area contributed by atoms with Crippen LogP contribution in [0.3, 0.4) is 0 Å². The van der Waals surface area contributed by atoms with Crippen molar-refractivity contribution >= 4 is 5.97 Å². The number of rotatable bonds is 11. The molecule has 21 heavy (non-hydrogen) atoms. The first-order valence-corrected chi connectivity index (χ1v) is 8.39. The first-order chi connectivity index (χ1) is 10.3. The van der Waals surface area contributed by atoms with Crippen LogP contribution in [0.15, 0.2) is 30.6 Å². The molecule has 0 aliphatic carbocycles. The molecule has 3 nitrogen and oxygen atoms in total. The van der Waals surface area contributed by atoms with Crippen LogP contribution in [0.4, 0.5) is 0 Å². The fraction of sp³-hybridized carbons (Fsp3) is 0.667. The fourth-order valence-electron chi connectivity index (χ4n) is 2.41. The van der Waals surface area contributed by atoms with Crippen molar-refractivity contribution in [1.29, 1.82) is 0 Å². The maximum atomic E-state index is 11.9. The lowest BCUT2D eigenvalue weighted by Gasteiger charge is -2.15. The molecule has 118 valence electrons. The number of hydrogen-bond donors (Lipinski definition) is 0. The SMILES string of the molecule is CCCCCCCCC(CC)OC(=O)C[n+]1ccccc1. The molecule has 0 fully saturated rings. The fourth-order valence-corrected chi connectivity index (χ4v) is 2.41. The number of carbonyl (C=O) groups is 1. The molecule has 0 aromatic carbocycles. The Balaban J connectivity index is 2.19. The summed E-state index contributed by atoms with van der Waals surface area (Å²) in [7, 11) is 0. The van der Waals surface area contributed by atoms with E-state index in [1.54, 1.807) is 0 Å². The first kappa shape index (κ1) is 17.7. The lowest BCUT2D eigenvalue weighted by Crippen LogP contribution is -2.38. The second-order valence-corrected chi connectivity index (χ2v) is 5.62. The third-order valence-corrected chi connectivity index (χ3v) is 3.72. The lowest BCUT2D eigenvalue weighted by molar-refractivity contribution is -0.686. The zero-order valence-corrected chi connectivity index (χ0v) is 13.6. The van der Waals surface area contributed by atoms with Gasteiger partial charge in [-0.25, -0.2) is 4.79 Å². The summed E-state index contributed by atoms with van der Waals surface area (Å²) in [6, 6.07) is 5.77. The Kier molecular flexibility index (Phi) is 9.51. The molecule has 1 atom stereocenters. The minimum absolute atomic E-state index is 0.0768. The second-order valence-electron chi connectivity index (χ2n) is 5.62. The zero-order valence-electron chi connectivity index (χ0n) is 13.6. The predicted octanol–water partition coefficient (Wildman–Crippen LogP) is 4.05. The Bertz CT molecular complexity index is 378. The molecule has 0 spiro atoms. The van der Waals surface area contributed by atoms with Crippen molar-refractivity contribution in [2.24, 2.45) is 0 Å². The molecule has 0 aliphatic rings. The van der Waals surface area contributed by atoms with Crippen molar-refractivity contribution in [3.8, 4) is 0 Å². The van der Waals surface area contributed by atoms with Gasteiger partial charge in [-0.05, 0) is 19.3 Å². The van der Waals surface area contributed by atoms with Gasteiger partial charge in [0, 0.05) is 12.1 Å². The van der Waals surface area contributed by atoms with Gasteiger partial charge < -0.3 is 4.74 Å². The molecule has 0 amide bonds. The number of unbranched alkanes of at least 4 members (excludes halogenated alkanes) is 5. The summed E-state index contributed by atoms with van der Waals surface area (Å²) >= 11 is 0. The minimum Gasteiger partial charge on any atom is -0.458 e. The Morgan fingerprint density at radius 3 is 2.33 bits per heavy atom. The van der Waals surface area contributed by atoms with Crippen LogP contribution in [0.5, 0.6) is 0 Å². The highest BCUT2D eigenvalue weighted by molar-refractivity contribution is 5.67. The number of pyridine rings is 1. The van der Waals surface area contributed by atoms with E-state index in [0.29, 0.717) is 6.54 Å². The standard InChI is InChI=1S/C18H30NO2/c1-3-5-6-7-8-10-13-17(4-2)21-18(20)16-19-14-11-9-12-15-19/h9,11-12,14-15,17H,3-8,10,13,16H2,1-2H3/q+1. The van der Waals surface area contributed by atoms with Gasteiger partial charge in [0.1, 0.15) is 6.10 Å². The van der Waals surface area contributed by atoms with E-state index in [0.717, 1.165) is 19.3 Å². The molecular formula is C18H30NO2+. The van der Waals surface area contributed by atoms with E-state index in [1.807, 2.05) is 35.2 Å². The predicted molar refractivity (Wildman–Crippen MR) is 84.8 cm³/mol. The average molecular weight is 292 g/mol. The van der Waals surface area contributed by atoms with Crippen LogP contribution in [0.25, 0.3) is 0 Å². The Hall–Kier alpha value is -1.38. The second kappa shape index (κ2) is 11.3. The maximum Gasteiger partial charge on any atom is 0.372 e. The van der Waals surface area contributed by atoms with E-state index in [4.69, 9.17) is 4.74 Å². The van der Waals surface area contributed by atoms with Crippen molar-refractivity contribution < 1.29 is 14.1 Å². The number of esters is 1. The minimum atomic E-state index is -0.135. The van der Waals surface area contributed by atoms with Crippen LogP contribution in [0.1, 0.15) is 65.2 Å². The monoisotopic (exact) mass is 292 g/mol. The normalized spacial score (nSPS) is 12.1. The highest BCUT2D eigenvalue weighted by atomic mass is 16.5. The van der Waals surface area contributed by atoms with Crippen molar-refractivity contribution in [2.75, 3.05) is 0 Å². The molecule has 0 bridgehead atoms. The molecule has 1 rings (SSSR count). The van der Waals surface area contributed by atoms with E-state index in [9.17, 15) is 4.79 Å². The van der Waals surface area contributed by atoms with Crippen LogP contribution >= 0.6 is 0 Å². The van der Waals surface area contributed by atoms with Gasteiger partial charge in [0.15, 0.2) is 12.4 Å². The molecule has 0 saturated heterocycles. The maximum absolute atomic E-state index is 11.9. The van der Waals surface area contributed by atoms with Gasteiger partial charge >= 0.3 is 5.97 Å². The zero-order chi connectivity index (χ0) is 15.3. The average Bonchev–Trinajstić information content (AvgIpc) is 2.50. The Morgan fingerprint density at radius 1 is 1.00 bits per heavy atom. The largest absolute Gasteiger partial charge is 0.458 e. The van der Waals surface area contributed by atoms with Crippen molar-refractivity contribution in [3.63, 3.8) is 0 Å². The van der Waals surface area contributed by atoms with Crippen molar-refractivity contribution in [2.45, 2.75) is 77.9 Å². The molecule has 0 radical (unpaired) electrons. The van der Waals surface area contributed by atoms with Gasteiger partial charge in [0.25, 0.3) is 0 Å². The Labute approximate surface area is 129 Å². The van der Waals surface area contributed by atoms with Crippen LogP contribution in [0.2, 0.25) is 0 Å². The smallest absolute Gasteiger partial charge is 0.372 e. The van der Waals surface area contributed by atoms with Crippen LogP contribution in [0, 0.1) is 0 Å². The van der Waals surface area contributed by atoms with Gasteiger partial charge in [0.05, 0.1) is 0 Å². The lowest BCUT2D eigenvalue weighted by atomic mass is 10.1. The van der Waals surface area contributed by atoms with E-state index in [-0.39, 0.29) is 12.1 Å². The van der Waals surface area contributed by atoms with Crippen LogP contribution < -0.4 is 4.57 Å². The summed E-state index contributed by atoms with van der Waals surface area (Å²) in [5, 5.41) is 0. The summed E-state index contributed by atoms with van der Waals surface area (Å²) in [4.78, 5) is 11.9. The van der Waals surface area contributed by atoms with Gasteiger partial charge in [-0.1, -0.05) is 52.0 Å². The van der Waals surface area contributed by atoms with E-state index < -0.39 is 0 Å². The summed E-state index contributed by atoms with van der Waals surface area (Å²) in [6.45, 7) is 4.62. The van der Waals surface area contributed by atoms with E-state index in [1.165, 1.54) is 32.1 Å². The van der Waals surface area contributed by atoms with Gasteiger partial charge in [-0.2, -0.15) is 4.57 Å². The highest BCUT2D eigenvalue weighted by Crippen LogP contribution is 2.12. The molecule has 1 aromatic heterocycles. The molecule has 1 heterocycles. The van der Waals surface area contributed by atoms with Crippen molar-refractivity contribution in [3.05, 3.63) is 30.6 Å². The molecule has 1 unspecified atom stereocenters. The summed E-state index contributed by atoms with van der Waals surface area (Å²) in [5.74, 6) is -0.135. The molecule has 3 heteroatoms. The van der Waals surface area contributed by atoms with Gasteiger partial charge in [0.2, 0.25) is 6.54 Å². The number of aromatic nitrogens is 1. The summed E-state index contributed by atoms with van der Waals surface area (Å²) in [6.07, 6.45) is 13.4. The van der Waals surface area contributed by atoms with E-state index >= 15 is 0 Å². The number of nitrogens with zero attached hydrogens (tertiary/aromatic N) is 1. The van der Waals surface area contributed by atoms with Crippen LogP contribution in [-0.4, -0.2) is 12.1 Å². The summed E-state index contributed by atoms with van der Waals surface area (Å²) < 4.78 is 7.42. The quantitative estimate of drug-likeness (QED) is 0.350. The van der Waals surface area contributed by atoms with Crippen molar-refractivity contribution in [1.82, 2.24) is 0 Å². The molecule has 0 N–H and O–H groups in total. The van der Waals surface area contributed by atoms with Gasteiger partial charge in [-0.15, -0.1) is 0 Å².